The monoisotopic (exact) mass is 354 g/mol. The maximum atomic E-state index is 12.4. The van der Waals surface area contributed by atoms with Crippen LogP contribution < -0.4 is 10.9 Å². The average molecular weight is 354 g/mol. The van der Waals surface area contributed by atoms with E-state index in [1.54, 1.807) is 11.3 Å². The highest BCUT2D eigenvalue weighted by Gasteiger charge is 2.16. The third kappa shape index (κ3) is 3.83. The van der Waals surface area contributed by atoms with Gasteiger partial charge in [-0.1, -0.05) is 43.2 Å². The number of hydrogen-bond acceptors (Lipinski definition) is 3. The van der Waals surface area contributed by atoms with Crippen LogP contribution in [-0.4, -0.2) is 16.0 Å². The molecule has 0 spiro atoms. The largest absolute Gasteiger partial charge is 0.338 e. The first-order valence-corrected chi connectivity index (χ1v) is 10.0. The number of nitrogens with two attached hydrogens (primary N) is 1. The van der Waals surface area contributed by atoms with Gasteiger partial charge in [-0.15, -0.1) is 11.3 Å². The molecule has 0 radical (unpaired) electrons. The number of quaternary nitrogens is 1. The topological polar surface area (TPSA) is 62.4 Å². The van der Waals surface area contributed by atoms with Crippen molar-refractivity contribution in [1.29, 1.82) is 0 Å². The molecule has 3 N–H and O–H groups in total. The normalized spacial score (nSPS) is 16.2. The molecule has 1 fully saturated rings. The fourth-order valence-corrected chi connectivity index (χ4v) is 4.70. The summed E-state index contributed by atoms with van der Waals surface area (Å²) < 4.78 is 0. The van der Waals surface area contributed by atoms with Gasteiger partial charge in [-0.25, -0.2) is 4.98 Å². The first kappa shape index (κ1) is 16.5. The summed E-state index contributed by atoms with van der Waals surface area (Å²) in [6.45, 7) is 0.758. The van der Waals surface area contributed by atoms with Gasteiger partial charge in [0, 0.05) is 4.88 Å². The number of thiophene rings is 1. The summed E-state index contributed by atoms with van der Waals surface area (Å²) in [5.41, 5.74) is 1.11. The van der Waals surface area contributed by atoms with Crippen LogP contribution in [0.1, 0.15) is 44.3 Å². The number of fused-ring (bicyclic) bond motifs is 1. The van der Waals surface area contributed by atoms with Crippen molar-refractivity contribution >= 4 is 21.6 Å². The molecule has 2 heterocycles. The molecule has 4 nitrogen and oxygen atoms in total. The van der Waals surface area contributed by atoms with Crippen molar-refractivity contribution in [3.8, 4) is 10.4 Å². The van der Waals surface area contributed by atoms with E-state index in [0.717, 1.165) is 27.6 Å². The van der Waals surface area contributed by atoms with Crippen LogP contribution in [0.2, 0.25) is 0 Å². The molecule has 25 heavy (non-hydrogen) atoms. The molecule has 0 amide bonds. The first-order valence-electron chi connectivity index (χ1n) is 9.21. The van der Waals surface area contributed by atoms with E-state index in [2.05, 4.69) is 22.4 Å². The number of H-pyrrole nitrogens is 1. The quantitative estimate of drug-likeness (QED) is 0.705. The van der Waals surface area contributed by atoms with Gasteiger partial charge in [0.25, 0.3) is 5.56 Å². The van der Waals surface area contributed by atoms with Crippen molar-refractivity contribution in [2.24, 2.45) is 0 Å². The SMILES string of the molecule is O=c1[nH]c(C[NH2+]C2CCCCCC2)nc2sc(-c3ccccc3)cc12. The Labute approximate surface area is 151 Å². The Kier molecular flexibility index (Phi) is 4.95. The Morgan fingerprint density at radius 1 is 1.12 bits per heavy atom. The lowest BCUT2D eigenvalue weighted by Crippen LogP contribution is -2.88. The van der Waals surface area contributed by atoms with Gasteiger partial charge < -0.3 is 10.3 Å². The Morgan fingerprint density at radius 3 is 2.64 bits per heavy atom. The van der Waals surface area contributed by atoms with Crippen molar-refractivity contribution < 1.29 is 5.32 Å². The highest BCUT2D eigenvalue weighted by molar-refractivity contribution is 7.21. The molecule has 0 atom stereocenters. The number of aromatic nitrogens is 2. The molecular weight excluding hydrogens is 330 g/mol. The summed E-state index contributed by atoms with van der Waals surface area (Å²) in [7, 11) is 0. The molecule has 0 saturated heterocycles. The minimum atomic E-state index is -0.0207. The van der Waals surface area contributed by atoms with Crippen LogP contribution in [0, 0.1) is 0 Å². The molecule has 0 bridgehead atoms. The maximum absolute atomic E-state index is 12.4. The fraction of sp³-hybridized carbons (Fsp3) is 0.400. The predicted octanol–water partition coefficient (Wildman–Crippen LogP) is 3.44. The minimum absolute atomic E-state index is 0.0207. The van der Waals surface area contributed by atoms with Gasteiger partial charge in [-0.05, 0) is 37.3 Å². The molecule has 3 aromatic rings. The van der Waals surface area contributed by atoms with Gasteiger partial charge in [-0.3, -0.25) is 4.79 Å². The van der Waals surface area contributed by atoms with Crippen molar-refractivity contribution in [2.45, 2.75) is 51.1 Å². The van der Waals surface area contributed by atoms with E-state index < -0.39 is 0 Å². The second-order valence-electron chi connectivity index (χ2n) is 6.90. The number of rotatable bonds is 4. The summed E-state index contributed by atoms with van der Waals surface area (Å²) in [4.78, 5) is 22.1. The summed E-state index contributed by atoms with van der Waals surface area (Å²) in [5.74, 6) is 0.795. The standard InChI is InChI=1S/C20H23N3OS/c24-19-16-12-17(14-8-4-3-5-9-14)25-20(16)23-18(22-19)13-21-15-10-6-1-2-7-11-15/h3-5,8-9,12,15,21H,1-2,6-7,10-11,13H2,(H,22,23,24)/p+1. The van der Waals surface area contributed by atoms with Crippen LogP contribution >= 0.6 is 11.3 Å². The van der Waals surface area contributed by atoms with Gasteiger partial charge >= 0.3 is 0 Å². The van der Waals surface area contributed by atoms with Crippen LogP contribution in [-0.2, 0) is 6.54 Å². The fourth-order valence-electron chi connectivity index (χ4n) is 3.64. The lowest BCUT2D eigenvalue weighted by atomic mass is 10.1. The lowest BCUT2D eigenvalue weighted by molar-refractivity contribution is -0.706. The van der Waals surface area contributed by atoms with Crippen molar-refractivity contribution in [2.75, 3.05) is 0 Å². The number of nitrogens with one attached hydrogen (secondary N) is 1. The van der Waals surface area contributed by atoms with Gasteiger partial charge in [0.15, 0.2) is 5.82 Å². The summed E-state index contributed by atoms with van der Waals surface area (Å²) in [6.07, 6.45) is 7.95. The zero-order valence-electron chi connectivity index (χ0n) is 14.3. The smallest absolute Gasteiger partial charge is 0.259 e. The molecular formula is C20H24N3OS+. The van der Waals surface area contributed by atoms with E-state index >= 15 is 0 Å². The molecule has 2 aromatic heterocycles. The summed E-state index contributed by atoms with van der Waals surface area (Å²) in [6, 6.07) is 12.8. The van der Waals surface area contributed by atoms with Crippen LogP contribution in [0.5, 0.6) is 0 Å². The van der Waals surface area contributed by atoms with Crippen molar-refractivity contribution in [3.63, 3.8) is 0 Å². The van der Waals surface area contributed by atoms with Gasteiger partial charge in [0.05, 0.1) is 11.4 Å². The van der Waals surface area contributed by atoms with E-state index in [1.165, 1.54) is 38.5 Å². The van der Waals surface area contributed by atoms with E-state index in [9.17, 15) is 4.79 Å². The van der Waals surface area contributed by atoms with Crippen molar-refractivity contribution in [1.82, 2.24) is 9.97 Å². The lowest BCUT2D eigenvalue weighted by Gasteiger charge is -2.12. The Balaban J connectivity index is 1.55. The molecule has 1 aromatic carbocycles. The summed E-state index contributed by atoms with van der Waals surface area (Å²) in [5, 5.41) is 3.06. The zero-order chi connectivity index (χ0) is 17.1. The molecule has 4 rings (SSSR count). The highest BCUT2D eigenvalue weighted by atomic mass is 32.1. The van der Waals surface area contributed by atoms with E-state index in [-0.39, 0.29) is 5.56 Å². The molecule has 0 unspecified atom stereocenters. The first-order chi connectivity index (χ1) is 12.3. The second-order valence-corrected chi connectivity index (χ2v) is 7.93. The van der Waals surface area contributed by atoms with Gasteiger partial charge in [0.2, 0.25) is 0 Å². The molecule has 130 valence electrons. The second kappa shape index (κ2) is 7.50. The Hall–Kier alpha value is -1.98. The van der Waals surface area contributed by atoms with E-state index in [1.807, 2.05) is 24.3 Å². The number of aromatic amines is 1. The van der Waals surface area contributed by atoms with Crippen molar-refractivity contribution in [3.05, 3.63) is 52.6 Å². The number of benzene rings is 1. The maximum Gasteiger partial charge on any atom is 0.259 e. The third-order valence-corrected chi connectivity index (χ3v) is 6.13. The average Bonchev–Trinajstić information content (AvgIpc) is 2.90. The minimum Gasteiger partial charge on any atom is -0.338 e. The van der Waals surface area contributed by atoms with Crippen LogP contribution in [0.4, 0.5) is 0 Å². The van der Waals surface area contributed by atoms with Gasteiger partial charge in [0.1, 0.15) is 11.4 Å². The zero-order valence-corrected chi connectivity index (χ0v) is 15.1. The predicted molar refractivity (Wildman–Crippen MR) is 103 cm³/mol. The van der Waals surface area contributed by atoms with E-state index in [0.29, 0.717) is 11.4 Å². The molecule has 1 aliphatic carbocycles. The van der Waals surface area contributed by atoms with Crippen LogP contribution in [0.3, 0.4) is 0 Å². The van der Waals surface area contributed by atoms with Crippen LogP contribution in [0.15, 0.2) is 41.2 Å². The number of nitrogens with zero attached hydrogens (tertiary/aromatic N) is 1. The number of hydrogen-bond donors (Lipinski definition) is 2. The Morgan fingerprint density at radius 2 is 1.88 bits per heavy atom. The highest BCUT2D eigenvalue weighted by Crippen LogP contribution is 2.30. The van der Waals surface area contributed by atoms with Gasteiger partial charge in [-0.2, -0.15) is 0 Å². The Bertz CT molecular complexity index is 892. The molecule has 5 heteroatoms. The van der Waals surface area contributed by atoms with Crippen LogP contribution in [0.25, 0.3) is 20.7 Å². The molecule has 0 aliphatic heterocycles. The van der Waals surface area contributed by atoms with E-state index in [4.69, 9.17) is 4.98 Å². The molecule has 1 saturated carbocycles. The third-order valence-electron chi connectivity index (χ3n) is 5.05. The molecule has 1 aliphatic rings. The summed E-state index contributed by atoms with van der Waals surface area (Å²) >= 11 is 1.60.